The van der Waals surface area contributed by atoms with Crippen molar-refractivity contribution in [2.45, 2.75) is 24.5 Å². The number of aromatic amines is 1. The normalized spacial score (nSPS) is 27.4. The van der Waals surface area contributed by atoms with Gasteiger partial charge in [0.2, 0.25) is 0 Å². The SMILES string of the molecule is NC(=S)O[C@@H]1[C@H](O)[C@@H](COP(=O)(O)OP(=O)(O)OP(=O)(O)O)O[C@H]1n1ccc(=O)[nH]c1=O. The third kappa shape index (κ3) is 7.64. The summed E-state index contributed by atoms with van der Waals surface area (Å²) >= 11 is 4.58. The molecule has 2 unspecified atom stereocenters. The Hall–Kier alpha value is -1.30. The third-order valence-electron chi connectivity index (χ3n) is 3.51. The number of thiocarbonyl (C=S) groups is 1. The fraction of sp³-hybridized carbons (Fsp3) is 0.500. The van der Waals surface area contributed by atoms with E-state index in [9.17, 15) is 33.3 Å². The smallest absolute Gasteiger partial charge is 0.460 e. The molecule has 8 N–H and O–H groups in total. The lowest BCUT2D eigenvalue weighted by Gasteiger charge is -2.21. The van der Waals surface area contributed by atoms with Crippen molar-refractivity contribution in [3.05, 3.63) is 33.1 Å². The molecule has 0 bridgehead atoms. The minimum Gasteiger partial charge on any atom is -0.460 e. The van der Waals surface area contributed by atoms with Gasteiger partial charge < -0.3 is 39.9 Å². The molecule has 0 radical (unpaired) electrons. The number of ether oxygens (including phenoxy) is 2. The summed E-state index contributed by atoms with van der Waals surface area (Å²) in [6.45, 7) is -1.04. The molecule has 0 saturated carbocycles. The number of nitrogens with zero attached hydrogens (tertiary/aromatic N) is 1. The van der Waals surface area contributed by atoms with E-state index in [2.05, 4.69) is 25.4 Å². The maximum Gasteiger partial charge on any atom is 0.490 e. The van der Waals surface area contributed by atoms with Gasteiger partial charge in [0.15, 0.2) is 12.3 Å². The van der Waals surface area contributed by atoms with E-state index in [-0.39, 0.29) is 0 Å². The van der Waals surface area contributed by atoms with Crippen molar-refractivity contribution in [3.8, 4) is 0 Å². The number of hydrogen-bond donors (Lipinski definition) is 7. The Labute approximate surface area is 181 Å². The molecule has 0 amide bonds. The molecule has 182 valence electrons. The van der Waals surface area contributed by atoms with Gasteiger partial charge in [-0.2, -0.15) is 8.62 Å². The van der Waals surface area contributed by atoms with Crippen LogP contribution in [0.15, 0.2) is 21.9 Å². The molecule has 6 atom stereocenters. The Kier molecular flexibility index (Phi) is 8.34. The zero-order chi connectivity index (χ0) is 24.5. The fourth-order valence-corrected chi connectivity index (χ4v) is 5.58. The highest BCUT2D eigenvalue weighted by molar-refractivity contribution is 7.80. The summed E-state index contributed by atoms with van der Waals surface area (Å²) in [5.74, 6) is 0. The van der Waals surface area contributed by atoms with E-state index >= 15 is 0 Å². The van der Waals surface area contributed by atoms with Gasteiger partial charge in [-0.05, 0) is 12.2 Å². The van der Waals surface area contributed by atoms with Gasteiger partial charge in [-0.25, -0.2) is 18.5 Å². The van der Waals surface area contributed by atoms with E-state index in [0.29, 0.717) is 0 Å². The number of phosphoric acid groups is 3. The van der Waals surface area contributed by atoms with E-state index in [1.165, 1.54) is 0 Å². The van der Waals surface area contributed by atoms with Crippen molar-refractivity contribution in [3.63, 3.8) is 0 Å². The predicted octanol–water partition coefficient (Wildman–Crippen LogP) is -2.23. The monoisotopic (exact) mass is 543 g/mol. The molecular formula is C10H16N3O15P3S. The summed E-state index contributed by atoms with van der Waals surface area (Å²) in [6.07, 6.45) is -5.27. The van der Waals surface area contributed by atoms with Crippen LogP contribution in [0.2, 0.25) is 0 Å². The largest absolute Gasteiger partial charge is 0.490 e. The van der Waals surface area contributed by atoms with Crippen LogP contribution in [0.5, 0.6) is 0 Å². The second-order valence-electron chi connectivity index (χ2n) is 5.86. The molecule has 2 heterocycles. The van der Waals surface area contributed by atoms with Gasteiger partial charge in [-0.3, -0.25) is 18.9 Å². The summed E-state index contributed by atoms with van der Waals surface area (Å²) in [5.41, 5.74) is 3.53. The predicted molar refractivity (Wildman–Crippen MR) is 103 cm³/mol. The van der Waals surface area contributed by atoms with Gasteiger partial charge in [0.05, 0.1) is 6.61 Å². The van der Waals surface area contributed by atoms with Crippen molar-refractivity contribution in [2.24, 2.45) is 5.73 Å². The number of nitrogens with one attached hydrogen (secondary N) is 1. The zero-order valence-corrected chi connectivity index (χ0v) is 18.8. The van der Waals surface area contributed by atoms with Crippen LogP contribution in [0.3, 0.4) is 0 Å². The molecule has 0 aliphatic carbocycles. The summed E-state index contributed by atoms with van der Waals surface area (Å²) in [4.78, 5) is 60.8. The van der Waals surface area contributed by atoms with Crippen LogP contribution in [0.1, 0.15) is 6.23 Å². The topological polar surface area (TPSA) is 279 Å². The fourth-order valence-electron chi connectivity index (χ4n) is 2.44. The van der Waals surface area contributed by atoms with Crippen LogP contribution in [0.4, 0.5) is 0 Å². The molecule has 1 saturated heterocycles. The minimum atomic E-state index is -5.76. The first kappa shape index (κ1) is 26.9. The van der Waals surface area contributed by atoms with Gasteiger partial charge in [0.1, 0.15) is 12.2 Å². The Morgan fingerprint density at radius 2 is 1.81 bits per heavy atom. The molecular weight excluding hydrogens is 527 g/mol. The number of hydrogen-bond acceptors (Lipinski definition) is 12. The first-order valence-corrected chi connectivity index (χ1v) is 12.8. The summed E-state index contributed by atoms with van der Waals surface area (Å²) in [6, 6.07) is 0.939. The van der Waals surface area contributed by atoms with Crippen molar-refractivity contribution >= 4 is 40.9 Å². The average molecular weight is 543 g/mol. The highest BCUT2D eigenvalue weighted by Crippen LogP contribution is 2.66. The highest BCUT2D eigenvalue weighted by atomic mass is 32.1. The highest BCUT2D eigenvalue weighted by Gasteiger charge is 2.49. The standard InChI is InChI=1S/C10H16N3O15P3S/c11-9(32)26-7-6(15)4(25-8(7)13-2-1-5(14)12-10(13)16)3-24-30(20,21)28-31(22,23)27-29(17,18)19/h1-2,4,6-8,15H,3H2,(H2,11,32)(H,20,21)(H,22,23)(H,12,14,16)(H2,17,18,19)/t4-,6-,7-,8-/m1/s1. The van der Waals surface area contributed by atoms with E-state index in [1.807, 2.05) is 4.98 Å². The summed E-state index contributed by atoms with van der Waals surface area (Å²) in [7, 11) is -16.9. The maximum atomic E-state index is 12.0. The van der Waals surface area contributed by atoms with Crippen LogP contribution in [0, 0.1) is 0 Å². The molecule has 1 fully saturated rings. The molecule has 2 rings (SSSR count). The Morgan fingerprint density at radius 1 is 1.19 bits per heavy atom. The molecule has 18 nitrogen and oxygen atoms in total. The van der Waals surface area contributed by atoms with E-state index < -0.39 is 71.0 Å². The van der Waals surface area contributed by atoms with Gasteiger partial charge in [0.25, 0.3) is 10.7 Å². The lowest BCUT2D eigenvalue weighted by atomic mass is 10.1. The molecule has 1 aliphatic rings. The summed E-state index contributed by atoms with van der Waals surface area (Å²) < 4.78 is 56.5. The van der Waals surface area contributed by atoms with Gasteiger partial charge in [-0.1, -0.05) is 0 Å². The average Bonchev–Trinajstić information content (AvgIpc) is 2.85. The zero-order valence-electron chi connectivity index (χ0n) is 15.3. The molecule has 1 aromatic rings. The first-order chi connectivity index (χ1) is 14.5. The number of aliphatic hydroxyl groups is 1. The Balaban J connectivity index is 2.17. The van der Waals surface area contributed by atoms with E-state index in [0.717, 1.165) is 16.8 Å². The molecule has 0 spiro atoms. The molecule has 22 heteroatoms. The Bertz CT molecular complexity index is 1110. The van der Waals surface area contributed by atoms with Crippen LogP contribution in [-0.2, 0) is 36.3 Å². The second-order valence-corrected chi connectivity index (χ2v) is 10.7. The van der Waals surface area contributed by atoms with Crippen molar-refractivity contribution in [1.29, 1.82) is 0 Å². The summed E-state index contributed by atoms with van der Waals surface area (Å²) in [5, 5.41) is 9.81. The third-order valence-corrected chi connectivity index (χ3v) is 7.41. The van der Waals surface area contributed by atoms with Crippen molar-refractivity contribution in [2.75, 3.05) is 6.61 Å². The van der Waals surface area contributed by atoms with Gasteiger partial charge in [-0.15, -0.1) is 0 Å². The first-order valence-electron chi connectivity index (χ1n) is 7.89. The van der Waals surface area contributed by atoms with Crippen molar-refractivity contribution < 1.29 is 61.0 Å². The number of H-pyrrole nitrogens is 1. The van der Waals surface area contributed by atoms with Gasteiger partial charge >= 0.3 is 29.2 Å². The lowest BCUT2D eigenvalue weighted by Crippen LogP contribution is -2.41. The lowest BCUT2D eigenvalue weighted by molar-refractivity contribution is -0.0524. The molecule has 1 aliphatic heterocycles. The van der Waals surface area contributed by atoms with E-state index in [4.69, 9.17) is 29.9 Å². The van der Waals surface area contributed by atoms with Crippen molar-refractivity contribution in [1.82, 2.24) is 9.55 Å². The van der Waals surface area contributed by atoms with Crippen LogP contribution in [0.25, 0.3) is 0 Å². The molecule has 32 heavy (non-hydrogen) atoms. The quantitative estimate of drug-likeness (QED) is 0.128. The number of aromatic nitrogens is 2. The number of phosphoric ester groups is 1. The molecule has 0 aromatic carbocycles. The second kappa shape index (κ2) is 9.90. The van der Waals surface area contributed by atoms with E-state index in [1.54, 1.807) is 0 Å². The van der Waals surface area contributed by atoms with Gasteiger partial charge in [0, 0.05) is 12.3 Å². The Morgan fingerprint density at radius 3 is 2.34 bits per heavy atom. The number of nitrogens with two attached hydrogens (primary N) is 1. The minimum absolute atomic E-state index is 0.575. The van der Waals surface area contributed by atoms with Crippen LogP contribution < -0.4 is 17.0 Å². The van der Waals surface area contributed by atoms with Crippen LogP contribution >= 0.6 is 35.7 Å². The number of rotatable bonds is 9. The molecule has 1 aromatic heterocycles. The van der Waals surface area contributed by atoms with Crippen LogP contribution in [-0.4, -0.2) is 64.3 Å². The maximum absolute atomic E-state index is 12.0. The number of aliphatic hydroxyl groups excluding tert-OH is 1.